The lowest BCUT2D eigenvalue weighted by Crippen LogP contribution is -2.45. The van der Waals surface area contributed by atoms with Crippen molar-refractivity contribution < 1.29 is 24.5 Å². The standard InChI is InChI=1S/C85H163NO5/c1-3-5-7-9-11-13-15-17-19-21-47-51-55-59-63-67-71-75-79-85(90)91-80-76-72-68-64-60-56-52-48-44-42-40-38-36-34-32-30-28-26-24-22-23-25-27-29-31-33-35-37-39-41-43-46-50-54-58-62-66-70-74-78-84(89)86-82(81-87)83(88)77-73-69-65-61-57-53-49-45-20-18-16-14-12-10-8-6-4-2/h13,15,19,21,73,77,82-83,87-88H,3-12,14,16-18,20,22-72,74-76,78-81H2,1-2H3,(H,86,89)/b15-13-,21-19-,77-73+. The van der Waals surface area contributed by atoms with Gasteiger partial charge in [0.05, 0.1) is 25.4 Å². The van der Waals surface area contributed by atoms with Crippen LogP contribution in [0.3, 0.4) is 0 Å². The fourth-order valence-corrected chi connectivity index (χ4v) is 13.3. The maximum Gasteiger partial charge on any atom is 0.305 e. The zero-order chi connectivity index (χ0) is 65.6. The first-order valence-corrected chi connectivity index (χ1v) is 41.8. The topological polar surface area (TPSA) is 95.9 Å². The van der Waals surface area contributed by atoms with E-state index in [0.717, 1.165) is 51.4 Å². The Morgan fingerprint density at radius 3 is 0.846 bits per heavy atom. The first-order valence-electron chi connectivity index (χ1n) is 41.8. The van der Waals surface area contributed by atoms with Crippen molar-refractivity contribution in [2.75, 3.05) is 13.2 Å². The molecule has 6 heteroatoms. The molecule has 0 aliphatic heterocycles. The molecule has 0 fully saturated rings. The third-order valence-electron chi connectivity index (χ3n) is 19.7. The van der Waals surface area contributed by atoms with Crippen LogP contribution >= 0.6 is 0 Å². The predicted octanol–water partition coefficient (Wildman–Crippen LogP) is 27.8. The molecule has 2 unspecified atom stereocenters. The van der Waals surface area contributed by atoms with Gasteiger partial charge in [0.15, 0.2) is 0 Å². The molecule has 0 aliphatic carbocycles. The Labute approximate surface area is 570 Å². The van der Waals surface area contributed by atoms with E-state index in [4.69, 9.17) is 4.74 Å². The fraction of sp³-hybridized carbons (Fsp3) is 0.906. The Balaban J connectivity index is 3.30. The van der Waals surface area contributed by atoms with E-state index in [-0.39, 0.29) is 18.5 Å². The number of allylic oxidation sites excluding steroid dienone is 5. The molecule has 6 nitrogen and oxygen atoms in total. The van der Waals surface area contributed by atoms with Gasteiger partial charge in [0.25, 0.3) is 0 Å². The number of nitrogens with one attached hydrogen (secondary N) is 1. The highest BCUT2D eigenvalue weighted by molar-refractivity contribution is 5.76. The van der Waals surface area contributed by atoms with E-state index < -0.39 is 12.1 Å². The predicted molar refractivity (Wildman–Crippen MR) is 403 cm³/mol. The minimum Gasteiger partial charge on any atom is -0.466 e. The summed E-state index contributed by atoms with van der Waals surface area (Å²) in [5.74, 6) is -0.0408. The minimum absolute atomic E-state index is 0.0173. The third-order valence-corrected chi connectivity index (χ3v) is 19.7. The molecule has 0 aromatic carbocycles. The van der Waals surface area contributed by atoms with Crippen LogP contribution in [0.1, 0.15) is 470 Å². The molecular weight excluding hydrogens is 1110 g/mol. The Hall–Kier alpha value is -1.92. The number of unbranched alkanes of at least 4 members (excludes halogenated alkanes) is 64. The monoisotopic (exact) mass is 1280 g/mol. The molecule has 91 heavy (non-hydrogen) atoms. The van der Waals surface area contributed by atoms with Crippen molar-refractivity contribution in [2.45, 2.75) is 482 Å². The molecule has 2 atom stereocenters. The molecule has 0 saturated carbocycles. The van der Waals surface area contributed by atoms with Crippen LogP contribution < -0.4 is 5.32 Å². The van der Waals surface area contributed by atoms with Gasteiger partial charge < -0.3 is 20.3 Å². The Kier molecular flexibility index (Phi) is 78.8. The summed E-state index contributed by atoms with van der Waals surface area (Å²) in [5.41, 5.74) is 0. The van der Waals surface area contributed by atoms with Gasteiger partial charge in [0.1, 0.15) is 0 Å². The van der Waals surface area contributed by atoms with Crippen molar-refractivity contribution in [1.82, 2.24) is 5.32 Å². The van der Waals surface area contributed by atoms with Crippen LogP contribution in [0.5, 0.6) is 0 Å². The number of aliphatic hydroxyl groups excluding tert-OH is 2. The molecule has 538 valence electrons. The number of carbonyl (C=O) groups is 2. The summed E-state index contributed by atoms with van der Waals surface area (Å²) in [6, 6.07) is -0.623. The van der Waals surface area contributed by atoms with E-state index in [1.165, 1.54) is 392 Å². The summed E-state index contributed by atoms with van der Waals surface area (Å²) >= 11 is 0. The number of amides is 1. The Bertz CT molecular complexity index is 1470. The smallest absolute Gasteiger partial charge is 0.305 e. The van der Waals surface area contributed by atoms with Gasteiger partial charge in [-0.2, -0.15) is 0 Å². The number of ether oxygens (including phenoxy) is 1. The summed E-state index contributed by atoms with van der Waals surface area (Å²) in [7, 11) is 0. The molecule has 0 spiro atoms. The highest BCUT2D eigenvalue weighted by Gasteiger charge is 2.18. The SMILES string of the molecule is CCCCCC/C=C\C/C=C\CCCCCCCCCC(=O)OCCCCCCCCCCCCCCCCCCCCCCCCCCCCCCCCCCCCCCCCCC(=O)NC(CO)C(O)/C=C/CCCCCCCCCCCCCCCCC. The van der Waals surface area contributed by atoms with Gasteiger partial charge in [-0.15, -0.1) is 0 Å². The van der Waals surface area contributed by atoms with Gasteiger partial charge in [-0.1, -0.05) is 429 Å². The van der Waals surface area contributed by atoms with Gasteiger partial charge in [-0.05, 0) is 64.2 Å². The summed E-state index contributed by atoms with van der Waals surface area (Å²) in [6.07, 6.45) is 106. The highest BCUT2D eigenvalue weighted by Crippen LogP contribution is 2.20. The second kappa shape index (κ2) is 80.5. The zero-order valence-electron chi connectivity index (χ0n) is 61.9. The second-order valence-electron chi connectivity index (χ2n) is 28.8. The summed E-state index contributed by atoms with van der Waals surface area (Å²) in [4.78, 5) is 24.6. The normalized spacial score (nSPS) is 12.6. The quantitative estimate of drug-likeness (QED) is 0.0320. The molecular formula is C85H163NO5. The molecule has 0 aromatic heterocycles. The van der Waals surface area contributed by atoms with Crippen molar-refractivity contribution in [2.24, 2.45) is 0 Å². The second-order valence-corrected chi connectivity index (χ2v) is 28.8. The number of hydrogen-bond acceptors (Lipinski definition) is 5. The van der Waals surface area contributed by atoms with Crippen molar-refractivity contribution in [3.63, 3.8) is 0 Å². The number of hydrogen-bond donors (Lipinski definition) is 3. The first kappa shape index (κ1) is 89.1. The summed E-state index contributed by atoms with van der Waals surface area (Å²) in [5, 5.41) is 23.2. The van der Waals surface area contributed by atoms with E-state index in [1.54, 1.807) is 6.08 Å². The summed E-state index contributed by atoms with van der Waals surface area (Å²) in [6.45, 7) is 4.93. The van der Waals surface area contributed by atoms with Crippen LogP contribution in [0.4, 0.5) is 0 Å². The van der Waals surface area contributed by atoms with E-state index in [2.05, 4.69) is 43.5 Å². The van der Waals surface area contributed by atoms with E-state index in [0.29, 0.717) is 19.4 Å². The van der Waals surface area contributed by atoms with Gasteiger partial charge >= 0.3 is 5.97 Å². The number of rotatable bonds is 79. The third kappa shape index (κ3) is 77.0. The Morgan fingerprint density at radius 1 is 0.308 bits per heavy atom. The first-order chi connectivity index (χ1) is 45.0. The molecule has 0 radical (unpaired) electrons. The lowest BCUT2D eigenvalue weighted by molar-refractivity contribution is -0.143. The lowest BCUT2D eigenvalue weighted by Gasteiger charge is -2.20. The molecule has 3 N–H and O–H groups in total. The van der Waals surface area contributed by atoms with E-state index in [9.17, 15) is 19.8 Å². The molecule has 1 amide bonds. The number of esters is 1. The van der Waals surface area contributed by atoms with Crippen molar-refractivity contribution >= 4 is 11.9 Å². The maximum absolute atomic E-state index is 12.5. The number of carbonyl (C=O) groups excluding carboxylic acids is 2. The Morgan fingerprint density at radius 2 is 0.549 bits per heavy atom. The fourth-order valence-electron chi connectivity index (χ4n) is 13.3. The minimum atomic E-state index is -0.840. The largest absolute Gasteiger partial charge is 0.466 e. The molecule has 0 bridgehead atoms. The molecule has 0 heterocycles. The zero-order valence-corrected chi connectivity index (χ0v) is 61.9. The molecule has 0 rings (SSSR count). The van der Waals surface area contributed by atoms with Crippen molar-refractivity contribution in [3.05, 3.63) is 36.5 Å². The van der Waals surface area contributed by atoms with Crippen LogP contribution in [0.2, 0.25) is 0 Å². The molecule has 0 saturated heterocycles. The maximum atomic E-state index is 12.5. The van der Waals surface area contributed by atoms with Crippen molar-refractivity contribution in [1.29, 1.82) is 0 Å². The van der Waals surface area contributed by atoms with Crippen LogP contribution in [0.25, 0.3) is 0 Å². The van der Waals surface area contributed by atoms with E-state index >= 15 is 0 Å². The van der Waals surface area contributed by atoms with Crippen LogP contribution in [-0.2, 0) is 14.3 Å². The lowest BCUT2D eigenvalue weighted by atomic mass is 10.0. The highest BCUT2D eigenvalue weighted by atomic mass is 16.5. The number of aliphatic hydroxyl groups is 2. The van der Waals surface area contributed by atoms with Crippen molar-refractivity contribution in [3.8, 4) is 0 Å². The van der Waals surface area contributed by atoms with Gasteiger partial charge in [-0.3, -0.25) is 9.59 Å². The average molecular weight is 1280 g/mol. The van der Waals surface area contributed by atoms with Gasteiger partial charge in [-0.25, -0.2) is 0 Å². The van der Waals surface area contributed by atoms with Gasteiger partial charge in [0, 0.05) is 12.8 Å². The van der Waals surface area contributed by atoms with Crippen LogP contribution in [0, 0.1) is 0 Å². The van der Waals surface area contributed by atoms with Gasteiger partial charge in [0.2, 0.25) is 5.91 Å². The molecule has 0 aromatic rings. The van der Waals surface area contributed by atoms with Crippen LogP contribution in [-0.4, -0.2) is 47.4 Å². The van der Waals surface area contributed by atoms with Crippen LogP contribution in [0.15, 0.2) is 36.5 Å². The summed E-state index contributed by atoms with van der Waals surface area (Å²) < 4.78 is 5.51. The molecule has 0 aliphatic rings. The average Bonchev–Trinajstić information content (AvgIpc) is 3.73. The van der Waals surface area contributed by atoms with E-state index in [1.807, 2.05) is 6.08 Å².